The maximum atomic E-state index is 11.9. The molecule has 0 aromatic heterocycles. The third-order valence-corrected chi connectivity index (χ3v) is 3.53. The lowest BCUT2D eigenvalue weighted by Crippen LogP contribution is -2.47. The number of amides is 1. The average Bonchev–Trinajstić information content (AvgIpc) is 2.45. The number of hydrogen-bond acceptors (Lipinski definition) is 5. The van der Waals surface area contributed by atoms with Crippen molar-refractivity contribution in [2.75, 3.05) is 18.4 Å². The van der Waals surface area contributed by atoms with E-state index in [0.717, 1.165) is 19.4 Å². The van der Waals surface area contributed by atoms with E-state index in [4.69, 9.17) is 0 Å². The van der Waals surface area contributed by atoms with Gasteiger partial charge in [-0.3, -0.25) is 14.9 Å². The number of nitrogens with zero attached hydrogens (tertiary/aromatic N) is 1. The Hall–Kier alpha value is -1.86. The first-order valence-corrected chi connectivity index (χ1v) is 7.06. The number of anilines is 1. The topological polar surface area (TPSA) is 96.3 Å². The Bertz CT molecular complexity index is 527. The van der Waals surface area contributed by atoms with Crippen molar-refractivity contribution in [2.24, 2.45) is 0 Å². The molecular formula is C14H21ClN4O3. The van der Waals surface area contributed by atoms with Crippen LogP contribution >= 0.6 is 12.4 Å². The lowest BCUT2D eigenvalue weighted by molar-refractivity contribution is -0.383. The number of nitro groups is 1. The molecule has 1 aromatic rings. The van der Waals surface area contributed by atoms with Crippen LogP contribution < -0.4 is 16.0 Å². The quantitative estimate of drug-likeness (QED) is 0.564. The van der Waals surface area contributed by atoms with Gasteiger partial charge in [-0.25, -0.2) is 0 Å². The molecule has 1 aromatic carbocycles. The molecular weight excluding hydrogens is 308 g/mol. The second-order valence-electron chi connectivity index (χ2n) is 5.27. The van der Waals surface area contributed by atoms with E-state index in [0.29, 0.717) is 11.7 Å². The van der Waals surface area contributed by atoms with Gasteiger partial charge in [0.2, 0.25) is 5.91 Å². The fourth-order valence-electron chi connectivity index (χ4n) is 2.50. The average molecular weight is 329 g/mol. The second-order valence-corrected chi connectivity index (χ2v) is 5.27. The molecule has 1 aliphatic rings. The molecule has 1 fully saturated rings. The number of piperidine rings is 1. The molecule has 22 heavy (non-hydrogen) atoms. The number of benzene rings is 1. The van der Waals surface area contributed by atoms with Gasteiger partial charge in [0.15, 0.2) is 0 Å². The van der Waals surface area contributed by atoms with Crippen LogP contribution in [0.1, 0.15) is 19.8 Å². The van der Waals surface area contributed by atoms with E-state index >= 15 is 0 Å². The van der Waals surface area contributed by atoms with Crippen molar-refractivity contribution in [1.82, 2.24) is 10.6 Å². The molecule has 0 radical (unpaired) electrons. The fourth-order valence-corrected chi connectivity index (χ4v) is 2.50. The standard InChI is InChI=1S/C14H20N4O3.ClH/c1-10-8-11(6-7-15-10)17-14(19)9-16-12-4-2-3-5-13(12)18(20)21;/h2-5,10-11,15-16H,6-9H2,1H3,(H,17,19);1H. The summed E-state index contributed by atoms with van der Waals surface area (Å²) in [4.78, 5) is 22.3. The zero-order chi connectivity index (χ0) is 15.2. The van der Waals surface area contributed by atoms with Crippen molar-refractivity contribution in [3.8, 4) is 0 Å². The number of nitrogens with one attached hydrogen (secondary N) is 3. The van der Waals surface area contributed by atoms with Crippen LogP contribution in [0.2, 0.25) is 0 Å². The lowest BCUT2D eigenvalue weighted by atomic mass is 10.0. The third-order valence-electron chi connectivity index (χ3n) is 3.53. The minimum atomic E-state index is -0.464. The summed E-state index contributed by atoms with van der Waals surface area (Å²) in [6.07, 6.45) is 1.80. The number of carbonyl (C=O) groups excluding carboxylic acids is 1. The Morgan fingerprint density at radius 3 is 2.86 bits per heavy atom. The molecule has 3 N–H and O–H groups in total. The first-order valence-electron chi connectivity index (χ1n) is 7.06. The number of rotatable bonds is 5. The van der Waals surface area contributed by atoms with Gasteiger partial charge in [0.05, 0.1) is 11.5 Å². The summed E-state index contributed by atoms with van der Waals surface area (Å²) in [5, 5.41) is 20.0. The minimum absolute atomic E-state index is 0. The van der Waals surface area contributed by atoms with Gasteiger partial charge in [0.25, 0.3) is 5.69 Å². The van der Waals surface area contributed by atoms with Crippen molar-refractivity contribution < 1.29 is 9.72 Å². The van der Waals surface area contributed by atoms with Gasteiger partial charge in [-0.1, -0.05) is 12.1 Å². The summed E-state index contributed by atoms with van der Waals surface area (Å²) in [7, 11) is 0. The minimum Gasteiger partial charge on any atom is -0.371 e. The third kappa shape index (κ3) is 5.16. The van der Waals surface area contributed by atoms with E-state index in [-0.39, 0.29) is 36.6 Å². The van der Waals surface area contributed by atoms with Crippen molar-refractivity contribution in [1.29, 1.82) is 0 Å². The fraction of sp³-hybridized carbons (Fsp3) is 0.500. The number of carbonyl (C=O) groups is 1. The SMILES string of the molecule is CC1CC(NC(=O)CNc2ccccc2[N+](=O)[O-])CCN1.Cl. The van der Waals surface area contributed by atoms with Gasteiger partial charge in [-0.2, -0.15) is 0 Å². The maximum absolute atomic E-state index is 11.9. The van der Waals surface area contributed by atoms with Gasteiger partial charge >= 0.3 is 0 Å². The van der Waals surface area contributed by atoms with Crippen molar-refractivity contribution in [2.45, 2.75) is 31.8 Å². The number of hydrogen-bond donors (Lipinski definition) is 3. The molecule has 0 saturated carbocycles. The molecule has 0 spiro atoms. The zero-order valence-electron chi connectivity index (χ0n) is 12.4. The van der Waals surface area contributed by atoms with Crippen LogP contribution in [0.4, 0.5) is 11.4 Å². The first-order chi connectivity index (χ1) is 10.1. The largest absolute Gasteiger partial charge is 0.371 e. The second kappa shape index (κ2) is 8.55. The molecule has 2 unspecified atom stereocenters. The highest BCUT2D eigenvalue weighted by Gasteiger charge is 2.20. The molecule has 2 rings (SSSR count). The summed E-state index contributed by atoms with van der Waals surface area (Å²) >= 11 is 0. The zero-order valence-corrected chi connectivity index (χ0v) is 13.2. The van der Waals surface area contributed by atoms with E-state index in [1.807, 2.05) is 0 Å². The summed E-state index contributed by atoms with van der Waals surface area (Å²) in [5.74, 6) is -0.146. The summed E-state index contributed by atoms with van der Waals surface area (Å²) in [6.45, 7) is 3.01. The molecule has 1 heterocycles. The van der Waals surface area contributed by atoms with E-state index in [9.17, 15) is 14.9 Å². The van der Waals surface area contributed by atoms with E-state index in [2.05, 4.69) is 22.9 Å². The molecule has 1 aliphatic heterocycles. The number of para-hydroxylation sites is 2. The summed E-state index contributed by atoms with van der Waals surface area (Å²) < 4.78 is 0. The van der Waals surface area contributed by atoms with E-state index in [1.165, 1.54) is 6.07 Å². The molecule has 2 atom stereocenters. The molecule has 1 amide bonds. The molecule has 122 valence electrons. The van der Waals surface area contributed by atoms with Crippen LogP contribution in [-0.2, 0) is 4.79 Å². The van der Waals surface area contributed by atoms with Gasteiger partial charge < -0.3 is 16.0 Å². The van der Waals surface area contributed by atoms with Gasteiger partial charge in [-0.15, -0.1) is 12.4 Å². The van der Waals surface area contributed by atoms with E-state index in [1.54, 1.807) is 18.2 Å². The van der Waals surface area contributed by atoms with Gasteiger partial charge in [0.1, 0.15) is 5.69 Å². The van der Waals surface area contributed by atoms with Crippen LogP contribution in [0.3, 0.4) is 0 Å². The molecule has 8 heteroatoms. The lowest BCUT2D eigenvalue weighted by Gasteiger charge is -2.28. The molecule has 7 nitrogen and oxygen atoms in total. The van der Waals surface area contributed by atoms with Crippen LogP contribution in [0, 0.1) is 10.1 Å². The Labute approximate surface area is 135 Å². The van der Waals surface area contributed by atoms with Crippen LogP contribution in [0.25, 0.3) is 0 Å². The monoisotopic (exact) mass is 328 g/mol. The predicted octanol–water partition coefficient (Wildman–Crippen LogP) is 1.69. The summed E-state index contributed by atoms with van der Waals surface area (Å²) in [5.41, 5.74) is 0.331. The highest BCUT2D eigenvalue weighted by molar-refractivity contribution is 5.85. The molecule has 0 aliphatic carbocycles. The van der Waals surface area contributed by atoms with Crippen molar-refractivity contribution >= 4 is 29.7 Å². The van der Waals surface area contributed by atoms with E-state index < -0.39 is 4.92 Å². The molecule has 1 saturated heterocycles. The number of nitro benzene ring substituents is 1. The van der Waals surface area contributed by atoms with Crippen LogP contribution in [-0.4, -0.2) is 36.0 Å². The Kier molecular flexibility index (Phi) is 7.07. The predicted molar refractivity (Wildman–Crippen MR) is 87.5 cm³/mol. The van der Waals surface area contributed by atoms with Gasteiger partial charge in [0, 0.05) is 18.2 Å². The first kappa shape index (κ1) is 18.2. The number of halogens is 1. The van der Waals surface area contributed by atoms with Crippen LogP contribution in [0.5, 0.6) is 0 Å². The van der Waals surface area contributed by atoms with Crippen molar-refractivity contribution in [3.05, 3.63) is 34.4 Å². The Morgan fingerprint density at radius 1 is 1.45 bits per heavy atom. The van der Waals surface area contributed by atoms with Gasteiger partial charge in [-0.05, 0) is 32.4 Å². The normalized spacial score (nSPS) is 20.6. The highest BCUT2D eigenvalue weighted by Crippen LogP contribution is 2.22. The summed E-state index contributed by atoms with van der Waals surface area (Å²) in [6, 6.07) is 6.86. The smallest absolute Gasteiger partial charge is 0.292 e. The Morgan fingerprint density at radius 2 is 2.18 bits per heavy atom. The van der Waals surface area contributed by atoms with Crippen LogP contribution in [0.15, 0.2) is 24.3 Å². The maximum Gasteiger partial charge on any atom is 0.292 e. The van der Waals surface area contributed by atoms with Crippen molar-refractivity contribution in [3.63, 3.8) is 0 Å². The molecule has 0 bridgehead atoms. The Balaban J connectivity index is 0.00000242. The highest BCUT2D eigenvalue weighted by atomic mass is 35.5.